The van der Waals surface area contributed by atoms with Gasteiger partial charge in [0.1, 0.15) is 0 Å². The zero-order valence-electron chi connectivity index (χ0n) is 17.4. The summed E-state index contributed by atoms with van der Waals surface area (Å²) < 4.78 is 16.3. The van der Waals surface area contributed by atoms with Crippen molar-refractivity contribution in [2.24, 2.45) is 0 Å². The lowest BCUT2D eigenvalue weighted by molar-refractivity contribution is -0.117. The van der Waals surface area contributed by atoms with Gasteiger partial charge in [-0.25, -0.2) is 0 Å². The molecule has 7 nitrogen and oxygen atoms in total. The fourth-order valence-corrected chi connectivity index (χ4v) is 3.82. The van der Waals surface area contributed by atoms with E-state index < -0.39 is 23.5 Å². The number of nitrogens with zero attached hydrogens (tertiary/aromatic N) is 1. The molecule has 2 aromatic carbocycles. The van der Waals surface area contributed by atoms with E-state index in [4.69, 9.17) is 25.5 Å². The number of aliphatic hydroxyl groups excluding tert-OH is 1. The number of hydrogen-bond donors (Lipinski definition) is 1. The lowest BCUT2D eigenvalue weighted by Crippen LogP contribution is -2.31. The molecule has 164 valence electrons. The van der Waals surface area contributed by atoms with Crippen LogP contribution in [-0.4, -0.2) is 30.5 Å². The van der Waals surface area contributed by atoms with Gasteiger partial charge in [0.05, 0.1) is 31.6 Å². The van der Waals surface area contributed by atoms with Gasteiger partial charge in [-0.2, -0.15) is 0 Å². The topological polar surface area (TPSA) is 89.2 Å². The Balaban J connectivity index is 1.89. The third kappa shape index (κ3) is 3.71. The van der Waals surface area contributed by atoms with Crippen LogP contribution in [0.3, 0.4) is 0 Å². The van der Waals surface area contributed by atoms with Crippen molar-refractivity contribution in [3.63, 3.8) is 0 Å². The molecule has 1 atom stereocenters. The molecule has 1 amide bonds. The Morgan fingerprint density at radius 2 is 1.91 bits per heavy atom. The SMILES string of the molecule is CCOc1cc(C2C(C(=O)c3ccco3)=C(O)C(=O)N2c2ccc(Cl)cc2)ccc1OC. The summed E-state index contributed by atoms with van der Waals surface area (Å²) in [5.74, 6) is -0.963. The number of carbonyl (C=O) groups excluding carboxylic acids is 2. The molecule has 0 spiro atoms. The molecule has 0 saturated carbocycles. The van der Waals surface area contributed by atoms with Gasteiger partial charge in [0.25, 0.3) is 5.91 Å². The number of Topliss-reactive ketones (excluding diaryl/α,β-unsaturated/α-hetero) is 1. The Bertz CT molecular complexity index is 1180. The van der Waals surface area contributed by atoms with Gasteiger partial charge in [0.15, 0.2) is 23.0 Å². The second kappa shape index (κ2) is 8.80. The van der Waals surface area contributed by atoms with Gasteiger partial charge in [0.2, 0.25) is 5.78 Å². The number of ketones is 1. The maximum Gasteiger partial charge on any atom is 0.294 e. The largest absolute Gasteiger partial charge is 0.503 e. The van der Waals surface area contributed by atoms with Crippen LogP contribution in [0.5, 0.6) is 11.5 Å². The van der Waals surface area contributed by atoms with Crippen LogP contribution in [0.15, 0.2) is 76.6 Å². The normalized spacial score (nSPS) is 15.9. The molecule has 2 heterocycles. The van der Waals surface area contributed by atoms with E-state index in [1.165, 1.54) is 24.3 Å². The molecule has 1 aliphatic rings. The van der Waals surface area contributed by atoms with E-state index in [9.17, 15) is 14.7 Å². The van der Waals surface area contributed by atoms with Crippen LogP contribution in [-0.2, 0) is 4.79 Å². The van der Waals surface area contributed by atoms with Crippen molar-refractivity contribution in [2.75, 3.05) is 18.6 Å². The lowest BCUT2D eigenvalue weighted by Gasteiger charge is -2.27. The first-order valence-electron chi connectivity index (χ1n) is 9.87. The number of furan rings is 1. The third-order valence-electron chi connectivity index (χ3n) is 5.11. The molecule has 0 radical (unpaired) electrons. The molecule has 4 rings (SSSR count). The van der Waals surface area contributed by atoms with Crippen molar-refractivity contribution in [3.8, 4) is 11.5 Å². The third-order valence-corrected chi connectivity index (χ3v) is 5.36. The van der Waals surface area contributed by atoms with Crippen LogP contribution < -0.4 is 14.4 Å². The van der Waals surface area contributed by atoms with Gasteiger partial charge in [-0.3, -0.25) is 14.5 Å². The van der Waals surface area contributed by atoms with E-state index in [1.54, 1.807) is 48.5 Å². The second-order valence-corrected chi connectivity index (χ2v) is 7.40. The van der Waals surface area contributed by atoms with Crippen molar-refractivity contribution < 1.29 is 28.6 Å². The maximum absolute atomic E-state index is 13.2. The van der Waals surface area contributed by atoms with Crippen LogP contribution >= 0.6 is 11.6 Å². The number of aliphatic hydroxyl groups is 1. The summed E-state index contributed by atoms with van der Waals surface area (Å²) in [6.45, 7) is 2.23. The highest BCUT2D eigenvalue weighted by atomic mass is 35.5. The van der Waals surface area contributed by atoms with Gasteiger partial charge >= 0.3 is 0 Å². The average molecular weight is 454 g/mol. The quantitative estimate of drug-likeness (QED) is 0.499. The van der Waals surface area contributed by atoms with E-state index in [-0.39, 0.29) is 11.3 Å². The molecule has 8 heteroatoms. The minimum atomic E-state index is -0.925. The van der Waals surface area contributed by atoms with Crippen molar-refractivity contribution in [1.29, 1.82) is 0 Å². The number of halogens is 1. The summed E-state index contributed by atoms with van der Waals surface area (Å²) in [7, 11) is 1.52. The van der Waals surface area contributed by atoms with Crippen molar-refractivity contribution in [2.45, 2.75) is 13.0 Å². The fourth-order valence-electron chi connectivity index (χ4n) is 3.69. The zero-order chi connectivity index (χ0) is 22.8. The standard InChI is InChI=1S/C24H20ClNO6/c1-3-31-19-13-14(6-11-17(19)30-2)21-20(22(27)18-5-4-12-32-18)23(28)24(29)26(21)16-9-7-15(25)8-10-16/h4-13,21,28H,3H2,1-2H3. The second-order valence-electron chi connectivity index (χ2n) is 6.97. The lowest BCUT2D eigenvalue weighted by atomic mass is 9.94. The summed E-state index contributed by atoms with van der Waals surface area (Å²) in [6.07, 6.45) is 1.36. The van der Waals surface area contributed by atoms with Crippen LogP contribution in [0, 0.1) is 0 Å². The van der Waals surface area contributed by atoms with E-state index in [2.05, 4.69) is 0 Å². The number of rotatable bonds is 7. The highest BCUT2D eigenvalue weighted by molar-refractivity contribution is 6.30. The van der Waals surface area contributed by atoms with Crippen LogP contribution in [0.2, 0.25) is 5.02 Å². The minimum absolute atomic E-state index is 0.0147. The Kier molecular flexibility index (Phi) is 5.92. The van der Waals surface area contributed by atoms with Gasteiger partial charge in [0, 0.05) is 10.7 Å². The Labute approximate surface area is 189 Å². The van der Waals surface area contributed by atoms with Gasteiger partial charge in [-0.1, -0.05) is 17.7 Å². The van der Waals surface area contributed by atoms with E-state index in [1.807, 2.05) is 6.92 Å². The molecule has 1 aromatic heterocycles. The first kappa shape index (κ1) is 21.5. The molecule has 32 heavy (non-hydrogen) atoms. The van der Waals surface area contributed by atoms with Crippen molar-refractivity contribution >= 4 is 29.0 Å². The van der Waals surface area contributed by atoms with Gasteiger partial charge < -0.3 is 19.0 Å². The molecule has 0 fully saturated rings. The smallest absolute Gasteiger partial charge is 0.294 e. The first-order chi connectivity index (χ1) is 15.5. The Hall–Kier alpha value is -3.71. The number of anilines is 1. The monoisotopic (exact) mass is 453 g/mol. The van der Waals surface area contributed by atoms with E-state index in [0.29, 0.717) is 34.4 Å². The molecule has 1 aliphatic heterocycles. The number of benzene rings is 2. The predicted molar refractivity (Wildman–Crippen MR) is 119 cm³/mol. The highest BCUT2D eigenvalue weighted by Crippen LogP contribution is 2.44. The molecular formula is C24H20ClNO6. The summed E-state index contributed by atoms with van der Waals surface area (Å²) in [4.78, 5) is 27.7. The number of ether oxygens (including phenoxy) is 2. The average Bonchev–Trinajstić information content (AvgIpc) is 3.42. The van der Waals surface area contributed by atoms with E-state index >= 15 is 0 Å². The maximum atomic E-state index is 13.2. The van der Waals surface area contributed by atoms with Gasteiger partial charge in [-0.05, 0) is 61.0 Å². The van der Waals surface area contributed by atoms with Gasteiger partial charge in [-0.15, -0.1) is 0 Å². The van der Waals surface area contributed by atoms with Crippen LogP contribution in [0.25, 0.3) is 0 Å². The summed E-state index contributed by atoms with van der Waals surface area (Å²) in [5.41, 5.74) is 0.927. The van der Waals surface area contributed by atoms with Crippen molar-refractivity contribution in [3.05, 3.63) is 88.5 Å². The number of carbonyl (C=O) groups is 2. The molecule has 0 aliphatic carbocycles. The number of methoxy groups -OCH3 is 1. The summed E-state index contributed by atoms with van der Waals surface area (Å²) in [6, 6.07) is 13.8. The summed E-state index contributed by atoms with van der Waals surface area (Å²) >= 11 is 6.01. The molecule has 3 aromatic rings. The molecule has 0 bridgehead atoms. The minimum Gasteiger partial charge on any atom is -0.503 e. The Morgan fingerprint density at radius 1 is 1.16 bits per heavy atom. The number of amides is 1. The predicted octanol–water partition coefficient (Wildman–Crippen LogP) is 5.12. The molecule has 1 N–H and O–H groups in total. The zero-order valence-corrected chi connectivity index (χ0v) is 18.1. The molecule has 1 unspecified atom stereocenters. The van der Waals surface area contributed by atoms with Crippen LogP contribution in [0.1, 0.15) is 29.1 Å². The summed E-state index contributed by atoms with van der Waals surface area (Å²) in [5, 5.41) is 11.3. The number of hydrogen-bond acceptors (Lipinski definition) is 6. The fraction of sp³-hybridized carbons (Fsp3) is 0.167. The van der Waals surface area contributed by atoms with Crippen LogP contribution in [0.4, 0.5) is 5.69 Å². The van der Waals surface area contributed by atoms with E-state index in [0.717, 1.165) is 0 Å². The molecular weight excluding hydrogens is 434 g/mol. The van der Waals surface area contributed by atoms with Crippen molar-refractivity contribution in [1.82, 2.24) is 0 Å². The highest BCUT2D eigenvalue weighted by Gasteiger charge is 2.45. The Morgan fingerprint density at radius 3 is 2.53 bits per heavy atom. The molecule has 0 saturated heterocycles. The first-order valence-corrected chi connectivity index (χ1v) is 10.2.